The molecular weight excluding hydrogens is 114 g/mol. The second kappa shape index (κ2) is 3.89. The summed E-state index contributed by atoms with van der Waals surface area (Å²) in [5, 5.41) is 0. The van der Waals surface area contributed by atoms with Crippen molar-refractivity contribution in [1.29, 1.82) is 0 Å². The lowest BCUT2D eigenvalue weighted by Gasteiger charge is -1.87. The van der Waals surface area contributed by atoms with Gasteiger partial charge < -0.3 is 5.73 Å². The van der Waals surface area contributed by atoms with Crippen LogP contribution in [0, 0.1) is 6.92 Å². The van der Waals surface area contributed by atoms with Gasteiger partial charge in [0.2, 0.25) is 5.91 Å². The molecular formula is C7H10NO. The van der Waals surface area contributed by atoms with Crippen LogP contribution in [0.1, 0.15) is 6.92 Å². The van der Waals surface area contributed by atoms with Gasteiger partial charge in [0, 0.05) is 5.57 Å². The van der Waals surface area contributed by atoms with Crippen molar-refractivity contribution in [1.82, 2.24) is 0 Å². The summed E-state index contributed by atoms with van der Waals surface area (Å²) in [4.78, 5) is 10.3. The topological polar surface area (TPSA) is 43.1 Å². The van der Waals surface area contributed by atoms with Gasteiger partial charge in [0.15, 0.2) is 0 Å². The predicted molar refractivity (Wildman–Crippen MR) is 37.4 cm³/mol. The van der Waals surface area contributed by atoms with E-state index in [9.17, 15) is 4.79 Å². The summed E-state index contributed by atoms with van der Waals surface area (Å²) in [5.74, 6) is -0.395. The Morgan fingerprint density at radius 1 is 1.67 bits per heavy atom. The summed E-state index contributed by atoms with van der Waals surface area (Å²) in [7, 11) is 0. The molecule has 49 valence electrons. The van der Waals surface area contributed by atoms with Crippen LogP contribution in [0.25, 0.3) is 0 Å². The fourth-order valence-electron chi connectivity index (χ4n) is 0.295. The molecule has 0 spiro atoms. The van der Waals surface area contributed by atoms with Crippen LogP contribution in [0.5, 0.6) is 0 Å². The zero-order valence-corrected chi connectivity index (χ0v) is 5.42. The molecule has 1 radical (unpaired) electrons. The van der Waals surface area contributed by atoms with Crippen LogP contribution >= 0.6 is 0 Å². The first-order valence-corrected chi connectivity index (χ1v) is 2.61. The van der Waals surface area contributed by atoms with Crippen LogP contribution < -0.4 is 5.73 Å². The minimum Gasteiger partial charge on any atom is -0.366 e. The van der Waals surface area contributed by atoms with Gasteiger partial charge in [-0.3, -0.25) is 4.79 Å². The third-order valence-corrected chi connectivity index (χ3v) is 0.871. The summed E-state index contributed by atoms with van der Waals surface area (Å²) in [6.45, 7) is 5.09. The molecule has 0 saturated carbocycles. The predicted octanol–water partition coefficient (Wildman–Crippen LogP) is 0.808. The maximum absolute atomic E-state index is 10.3. The quantitative estimate of drug-likeness (QED) is 0.429. The van der Waals surface area contributed by atoms with Crippen LogP contribution in [-0.4, -0.2) is 5.91 Å². The van der Waals surface area contributed by atoms with E-state index in [1.165, 1.54) is 0 Å². The molecule has 0 heterocycles. The van der Waals surface area contributed by atoms with Gasteiger partial charge in [0.1, 0.15) is 0 Å². The van der Waals surface area contributed by atoms with Crippen LogP contribution in [0.15, 0.2) is 23.8 Å². The molecule has 1 amide bonds. The highest BCUT2D eigenvalue weighted by atomic mass is 16.1. The molecule has 9 heavy (non-hydrogen) atoms. The molecule has 0 fully saturated rings. The average Bonchev–Trinajstić information content (AvgIpc) is 1.82. The van der Waals surface area contributed by atoms with Crippen molar-refractivity contribution in [2.75, 3.05) is 0 Å². The molecule has 0 aliphatic heterocycles. The number of allylic oxidation sites excluding steroid dienone is 3. The number of carbonyl (C=O) groups excluding carboxylic acids is 1. The number of primary amides is 1. The second-order valence-electron chi connectivity index (χ2n) is 1.64. The van der Waals surface area contributed by atoms with Crippen LogP contribution in [-0.2, 0) is 4.79 Å². The van der Waals surface area contributed by atoms with Crippen molar-refractivity contribution in [3.05, 3.63) is 30.7 Å². The molecule has 0 aromatic heterocycles. The molecule has 2 nitrogen and oxygen atoms in total. The van der Waals surface area contributed by atoms with Crippen LogP contribution in [0.3, 0.4) is 0 Å². The van der Waals surface area contributed by atoms with Gasteiger partial charge in [0.25, 0.3) is 0 Å². The summed E-state index contributed by atoms with van der Waals surface area (Å²) in [6.07, 6.45) is 4.88. The third kappa shape index (κ3) is 3.53. The summed E-state index contributed by atoms with van der Waals surface area (Å²) in [6, 6.07) is 0. The molecule has 0 bridgehead atoms. The zero-order valence-electron chi connectivity index (χ0n) is 5.42. The van der Waals surface area contributed by atoms with E-state index < -0.39 is 5.91 Å². The Hall–Kier alpha value is -1.05. The highest BCUT2D eigenvalue weighted by Crippen LogP contribution is 1.89. The molecule has 0 saturated heterocycles. The van der Waals surface area contributed by atoms with Gasteiger partial charge in [0.05, 0.1) is 0 Å². The van der Waals surface area contributed by atoms with E-state index in [1.54, 1.807) is 25.2 Å². The Morgan fingerprint density at radius 3 is 2.56 bits per heavy atom. The lowest BCUT2D eigenvalue weighted by atomic mass is 10.2. The Bertz CT molecular complexity index is 156. The number of hydrogen-bond acceptors (Lipinski definition) is 1. The third-order valence-electron chi connectivity index (χ3n) is 0.871. The number of amides is 1. The first-order valence-electron chi connectivity index (χ1n) is 2.61. The van der Waals surface area contributed by atoms with E-state index in [-0.39, 0.29) is 0 Å². The molecule has 0 rings (SSSR count). The normalized spacial score (nSPS) is 12.4. The molecule has 0 unspecified atom stereocenters. The smallest absolute Gasteiger partial charge is 0.244 e. The highest BCUT2D eigenvalue weighted by molar-refractivity contribution is 5.91. The van der Waals surface area contributed by atoms with Gasteiger partial charge in [-0.1, -0.05) is 18.2 Å². The van der Waals surface area contributed by atoms with Crippen molar-refractivity contribution in [3.8, 4) is 0 Å². The number of nitrogens with two attached hydrogens (primary N) is 1. The van der Waals surface area contributed by atoms with Crippen molar-refractivity contribution < 1.29 is 4.79 Å². The Morgan fingerprint density at radius 2 is 2.22 bits per heavy atom. The standard InChI is InChI=1S/C7H10NO/c1-3-4-5-6(2)7(8)9/h3-5H,1H2,2H3,(H2,8,9). The van der Waals surface area contributed by atoms with Crippen LogP contribution in [0.2, 0.25) is 0 Å². The van der Waals surface area contributed by atoms with Gasteiger partial charge in [-0.05, 0) is 13.8 Å². The van der Waals surface area contributed by atoms with E-state index >= 15 is 0 Å². The molecule has 2 N–H and O–H groups in total. The first-order chi connectivity index (χ1) is 4.18. The monoisotopic (exact) mass is 124 g/mol. The fraction of sp³-hybridized carbons (Fsp3) is 0.143. The van der Waals surface area contributed by atoms with E-state index in [4.69, 9.17) is 5.73 Å². The second-order valence-corrected chi connectivity index (χ2v) is 1.64. The van der Waals surface area contributed by atoms with Crippen molar-refractivity contribution >= 4 is 5.91 Å². The lowest BCUT2D eigenvalue weighted by molar-refractivity contribution is -0.114. The van der Waals surface area contributed by atoms with E-state index in [2.05, 4.69) is 6.92 Å². The van der Waals surface area contributed by atoms with Crippen molar-refractivity contribution in [3.63, 3.8) is 0 Å². The minimum atomic E-state index is -0.395. The highest BCUT2D eigenvalue weighted by Gasteiger charge is 1.91. The lowest BCUT2D eigenvalue weighted by Crippen LogP contribution is -2.11. The molecule has 0 aliphatic carbocycles. The molecule has 0 atom stereocenters. The summed E-state index contributed by atoms with van der Waals surface area (Å²) < 4.78 is 0. The van der Waals surface area contributed by atoms with Gasteiger partial charge in [-0.25, -0.2) is 0 Å². The molecule has 0 aromatic carbocycles. The van der Waals surface area contributed by atoms with E-state index in [1.807, 2.05) is 0 Å². The number of carbonyl (C=O) groups is 1. The maximum atomic E-state index is 10.3. The maximum Gasteiger partial charge on any atom is 0.244 e. The largest absolute Gasteiger partial charge is 0.366 e. The van der Waals surface area contributed by atoms with Gasteiger partial charge >= 0.3 is 0 Å². The summed E-state index contributed by atoms with van der Waals surface area (Å²) in [5.41, 5.74) is 5.45. The molecule has 0 aliphatic rings. The van der Waals surface area contributed by atoms with Gasteiger partial charge in [-0.2, -0.15) is 0 Å². The fourth-order valence-corrected chi connectivity index (χ4v) is 0.295. The number of hydrogen-bond donors (Lipinski definition) is 1. The SMILES string of the molecule is [CH2]C=CC=C(C)C(N)=O. The first kappa shape index (κ1) is 7.95. The van der Waals surface area contributed by atoms with E-state index in [0.717, 1.165) is 0 Å². The van der Waals surface area contributed by atoms with Crippen LogP contribution in [0.4, 0.5) is 0 Å². The zero-order chi connectivity index (χ0) is 7.28. The Balaban J connectivity index is 4.00. The molecule has 0 aromatic rings. The number of rotatable bonds is 2. The van der Waals surface area contributed by atoms with E-state index in [0.29, 0.717) is 5.57 Å². The minimum absolute atomic E-state index is 0.395. The Kier molecular flexibility index (Phi) is 3.44. The Labute approximate surface area is 55.1 Å². The molecule has 2 heteroatoms. The van der Waals surface area contributed by atoms with Crippen molar-refractivity contribution in [2.24, 2.45) is 5.73 Å². The van der Waals surface area contributed by atoms with Crippen molar-refractivity contribution in [2.45, 2.75) is 6.92 Å². The summed E-state index contributed by atoms with van der Waals surface area (Å²) >= 11 is 0. The van der Waals surface area contributed by atoms with Gasteiger partial charge in [-0.15, -0.1) is 0 Å². The average molecular weight is 124 g/mol.